The summed E-state index contributed by atoms with van der Waals surface area (Å²) in [6, 6.07) is 3.34. The minimum absolute atomic E-state index is 0.251. The van der Waals surface area contributed by atoms with Gasteiger partial charge >= 0.3 is 24.4 Å². The molecule has 0 saturated heterocycles. The van der Waals surface area contributed by atoms with Crippen molar-refractivity contribution < 1.29 is 54.9 Å². The van der Waals surface area contributed by atoms with E-state index in [1.54, 1.807) is 0 Å². The van der Waals surface area contributed by atoms with Crippen molar-refractivity contribution in [2.75, 3.05) is 0 Å². The zero-order valence-corrected chi connectivity index (χ0v) is 13.9. The Hall–Kier alpha value is -3.05. The van der Waals surface area contributed by atoms with Gasteiger partial charge in [-0.15, -0.1) is 0 Å². The predicted molar refractivity (Wildman–Crippen MR) is 80.6 cm³/mol. The maximum absolute atomic E-state index is 13.8. The first-order valence-electron chi connectivity index (χ1n) is 7.46. The van der Waals surface area contributed by atoms with Gasteiger partial charge in [0.2, 0.25) is 5.41 Å². The molecule has 0 heterocycles. The average Bonchev–Trinajstić information content (AvgIpc) is 2.55. The van der Waals surface area contributed by atoms with Crippen LogP contribution in [0.3, 0.4) is 0 Å². The molecule has 0 spiro atoms. The highest BCUT2D eigenvalue weighted by atomic mass is 19.4. The fourth-order valence-electron chi connectivity index (χ4n) is 2.66. The number of hydrogen-bond donors (Lipinski definition) is 2. The lowest BCUT2D eigenvalue weighted by Crippen LogP contribution is -2.54. The monoisotopic (exact) mass is 430 g/mol. The lowest BCUT2D eigenvalue weighted by atomic mass is 9.73. The van der Waals surface area contributed by atoms with E-state index in [4.69, 9.17) is 5.11 Å². The van der Waals surface area contributed by atoms with E-state index in [9.17, 15) is 45.0 Å². The van der Waals surface area contributed by atoms with Crippen molar-refractivity contribution in [2.24, 2.45) is 0 Å². The van der Waals surface area contributed by atoms with Gasteiger partial charge < -0.3 is 14.9 Å². The van der Waals surface area contributed by atoms with Crippen LogP contribution in [0.2, 0.25) is 0 Å². The Labute approximate surface area is 157 Å². The Morgan fingerprint density at radius 1 is 0.724 bits per heavy atom. The normalized spacial score (nSPS) is 13.2. The number of rotatable bonds is 5. The third-order valence-electron chi connectivity index (χ3n) is 3.93. The second-order valence-electron chi connectivity index (χ2n) is 5.74. The second-order valence-corrected chi connectivity index (χ2v) is 5.74. The number of halogens is 8. The Morgan fingerprint density at radius 3 is 1.45 bits per heavy atom. The summed E-state index contributed by atoms with van der Waals surface area (Å²) in [5.74, 6) is -4.25. The summed E-state index contributed by atoms with van der Waals surface area (Å²) in [6.07, 6.45) is -16.6. The van der Waals surface area contributed by atoms with Gasteiger partial charge in [-0.1, -0.05) is 24.3 Å². The molecule has 2 aromatic rings. The number of aliphatic carboxylic acids is 1. The highest BCUT2D eigenvalue weighted by Gasteiger charge is 2.72. The SMILES string of the molecule is O=C(O)C(F)(F)Oc1ccc(C(c2ccc(O)cc2)(C(F)(F)F)C(F)(F)F)cc1. The van der Waals surface area contributed by atoms with Crippen LogP contribution in [-0.2, 0) is 10.2 Å². The molecule has 0 atom stereocenters. The first-order chi connectivity index (χ1) is 13.1. The molecular formula is C17H10F8O4. The molecule has 0 radical (unpaired) electrons. The van der Waals surface area contributed by atoms with E-state index in [0.717, 1.165) is 0 Å². The number of carbonyl (C=O) groups is 1. The van der Waals surface area contributed by atoms with Crippen LogP contribution in [-0.4, -0.2) is 34.6 Å². The number of phenolic OH excluding ortho intramolecular Hbond substituents is 1. The first kappa shape index (κ1) is 22.2. The number of alkyl halides is 8. The van der Waals surface area contributed by atoms with E-state index in [1.165, 1.54) is 0 Å². The molecule has 12 heteroatoms. The van der Waals surface area contributed by atoms with Crippen molar-refractivity contribution in [3.63, 3.8) is 0 Å². The van der Waals surface area contributed by atoms with Crippen LogP contribution in [0, 0.1) is 0 Å². The van der Waals surface area contributed by atoms with Crippen molar-refractivity contribution in [1.82, 2.24) is 0 Å². The van der Waals surface area contributed by atoms with Gasteiger partial charge in [0, 0.05) is 0 Å². The smallest absolute Gasteiger partial charge is 0.501 e. The number of carboxylic acid groups (broad SMARTS) is 1. The van der Waals surface area contributed by atoms with Crippen LogP contribution in [0.5, 0.6) is 11.5 Å². The van der Waals surface area contributed by atoms with Gasteiger partial charge in [0.1, 0.15) is 11.5 Å². The van der Waals surface area contributed by atoms with Crippen LogP contribution in [0.4, 0.5) is 35.1 Å². The Morgan fingerprint density at radius 2 is 1.10 bits per heavy atom. The van der Waals surface area contributed by atoms with E-state index < -0.39 is 52.5 Å². The van der Waals surface area contributed by atoms with Crippen LogP contribution >= 0.6 is 0 Å². The summed E-state index contributed by atoms with van der Waals surface area (Å²) in [7, 11) is 0. The van der Waals surface area contributed by atoms with E-state index in [2.05, 4.69) is 4.74 Å². The molecule has 158 valence electrons. The maximum atomic E-state index is 13.8. The lowest BCUT2D eigenvalue weighted by molar-refractivity contribution is -0.288. The number of ether oxygens (including phenoxy) is 1. The van der Waals surface area contributed by atoms with Crippen molar-refractivity contribution in [2.45, 2.75) is 23.9 Å². The Balaban J connectivity index is 2.67. The Bertz CT molecular complexity index is 856. The number of phenols is 1. The standard InChI is InChI=1S/C17H10F8O4/c18-15(19,13(27)28)29-12-7-3-10(4-8-12)14(16(20,21)22,17(23,24)25)9-1-5-11(26)6-2-9/h1-8,26H,(H,27,28). The summed E-state index contributed by atoms with van der Waals surface area (Å²) in [5, 5.41) is 17.5. The summed E-state index contributed by atoms with van der Waals surface area (Å²) in [4.78, 5) is 10.3. The predicted octanol–water partition coefficient (Wildman–Crippen LogP) is 4.86. The lowest BCUT2D eigenvalue weighted by Gasteiger charge is -2.38. The highest BCUT2D eigenvalue weighted by molar-refractivity contribution is 5.73. The van der Waals surface area contributed by atoms with E-state index in [0.29, 0.717) is 36.4 Å². The zero-order chi connectivity index (χ0) is 22.3. The van der Waals surface area contributed by atoms with Gasteiger partial charge in [-0.2, -0.15) is 35.1 Å². The third kappa shape index (κ3) is 3.91. The molecule has 2 aromatic carbocycles. The molecule has 0 aliphatic carbocycles. The number of aromatic hydroxyl groups is 1. The molecular weight excluding hydrogens is 420 g/mol. The molecule has 0 unspecified atom stereocenters. The molecule has 0 saturated carbocycles. The van der Waals surface area contributed by atoms with Crippen molar-refractivity contribution in [3.05, 3.63) is 59.7 Å². The third-order valence-corrected chi connectivity index (χ3v) is 3.93. The summed E-state index contributed by atoms with van der Waals surface area (Å²) in [5.41, 5.74) is -7.21. The largest absolute Gasteiger partial charge is 0.508 e. The quantitative estimate of drug-likeness (QED) is 0.666. The second kappa shape index (κ2) is 7.08. The highest BCUT2D eigenvalue weighted by Crippen LogP contribution is 2.56. The summed E-state index contributed by atoms with van der Waals surface area (Å²) >= 11 is 0. The van der Waals surface area contributed by atoms with Gasteiger partial charge in [-0.05, 0) is 35.4 Å². The summed E-state index contributed by atoms with van der Waals surface area (Å²) < 4.78 is 113. The van der Waals surface area contributed by atoms with Gasteiger partial charge in [0.25, 0.3) is 0 Å². The number of hydrogen-bond acceptors (Lipinski definition) is 3. The summed E-state index contributed by atoms with van der Waals surface area (Å²) in [6.45, 7) is 0. The topological polar surface area (TPSA) is 66.8 Å². The van der Waals surface area contributed by atoms with Gasteiger partial charge in [-0.3, -0.25) is 0 Å². The van der Waals surface area contributed by atoms with E-state index in [1.807, 2.05) is 0 Å². The number of carboxylic acids is 1. The molecule has 4 nitrogen and oxygen atoms in total. The average molecular weight is 430 g/mol. The van der Waals surface area contributed by atoms with Gasteiger partial charge in [0.15, 0.2) is 0 Å². The van der Waals surface area contributed by atoms with E-state index >= 15 is 0 Å². The van der Waals surface area contributed by atoms with Gasteiger partial charge in [-0.25, -0.2) is 4.79 Å². The fraction of sp³-hybridized carbons (Fsp3) is 0.235. The molecule has 0 aromatic heterocycles. The molecule has 29 heavy (non-hydrogen) atoms. The molecule has 2 N–H and O–H groups in total. The molecule has 0 fully saturated rings. The van der Waals surface area contributed by atoms with Crippen molar-refractivity contribution in [1.29, 1.82) is 0 Å². The zero-order valence-electron chi connectivity index (χ0n) is 13.9. The Kier molecular flexibility index (Phi) is 5.43. The van der Waals surface area contributed by atoms with Crippen LogP contribution in [0.25, 0.3) is 0 Å². The van der Waals surface area contributed by atoms with Crippen LogP contribution < -0.4 is 4.74 Å². The number of benzene rings is 2. The van der Waals surface area contributed by atoms with Crippen LogP contribution in [0.1, 0.15) is 11.1 Å². The van der Waals surface area contributed by atoms with Gasteiger partial charge in [0.05, 0.1) is 0 Å². The van der Waals surface area contributed by atoms with Crippen molar-refractivity contribution in [3.8, 4) is 11.5 Å². The van der Waals surface area contributed by atoms with Crippen LogP contribution in [0.15, 0.2) is 48.5 Å². The van der Waals surface area contributed by atoms with Crippen molar-refractivity contribution >= 4 is 5.97 Å². The van der Waals surface area contributed by atoms with E-state index in [-0.39, 0.29) is 12.1 Å². The molecule has 2 rings (SSSR count). The first-order valence-corrected chi connectivity index (χ1v) is 7.46. The molecule has 0 aliphatic rings. The molecule has 0 bridgehead atoms. The molecule has 0 amide bonds. The fourth-order valence-corrected chi connectivity index (χ4v) is 2.66. The molecule has 0 aliphatic heterocycles. The maximum Gasteiger partial charge on any atom is 0.501 e. The minimum atomic E-state index is -5.92. The minimum Gasteiger partial charge on any atom is -0.508 e.